The number of imidazole rings is 1. The van der Waals surface area contributed by atoms with Crippen molar-refractivity contribution in [2.24, 2.45) is 0 Å². The van der Waals surface area contributed by atoms with Gasteiger partial charge in [-0.2, -0.15) is 0 Å². The van der Waals surface area contributed by atoms with Crippen LogP contribution in [0.25, 0.3) is 17.1 Å². The summed E-state index contributed by atoms with van der Waals surface area (Å²) in [5.41, 5.74) is 7.81. The van der Waals surface area contributed by atoms with Gasteiger partial charge in [0.15, 0.2) is 0 Å². The number of pyridine rings is 1. The minimum absolute atomic E-state index is 0.156. The lowest BCUT2D eigenvalue weighted by Crippen LogP contribution is -2.22. The number of carbonyl (C=O) groups excluding carboxylic acids is 1. The van der Waals surface area contributed by atoms with Crippen molar-refractivity contribution in [3.8, 4) is 17.1 Å². The van der Waals surface area contributed by atoms with Crippen LogP contribution >= 0.6 is 11.6 Å². The summed E-state index contributed by atoms with van der Waals surface area (Å²) in [6.07, 6.45) is 5.14. The quantitative estimate of drug-likeness (QED) is 0.794. The second-order valence-electron chi connectivity index (χ2n) is 5.45. The topological polar surface area (TPSA) is 77.0 Å². The molecular weight excluding hydrogens is 326 g/mol. The van der Waals surface area contributed by atoms with Crippen LogP contribution in [0.3, 0.4) is 0 Å². The van der Waals surface area contributed by atoms with Gasteiger partial charge in [-0.15, -0.1) is 0 Å². The Balaban J connectivity index is 2.10. The molecule has 0 unspecified atom stereocenters. The van der Waals surface area contributed by atoms with Crippen molar-refractivity contribution in [3.05, 3.63) is 59.5 Å². The van der Waals surface area contributed by atoms with Crippen LogP contribution in [-0.2, 0) is 0 Å². The van der Waals surface area contributed by atoms with Gasteiger partial charge in [0.2, 0.25) is 0 Å². The van der Waals surface area contributed by atoms with E-state index in [0.29, 0.717) is 22.2 Å². The second kappa shape index (κ2) is 6.33. The molecule has 122 valence electrons. The molecule has 2 aromatic heterocycles. The highest BCUT2D eigenvalue weighted by atomic mass is 35.5. The number of benzene rings is 1. The first-order chi connectivity index (χ1) is 11.5. The number of carbonyl (C=O) groups is 1. The van der Waals surface area contributed by atoms with Crippen LogP contribution in [0, 0.1) is 0 Å². The number of nitrogen functional groups attached to an aromatic ring is 1. The van der Waals surface area contributed by atoms with Gasteiger partial charge < -0.3 is 10.6 Å². The number of nitrogens with two attached hydrogens (primary N) is 1. The summed E-state index contributed by atoms with van der Waals surface area (Å²) in [7, 11) is 3.38. The van der Waals surface area contributed by atoms with Gasteiger partial charge in [-0.3, -0.25) is 9.36 Å². The highest BCUT2D eigenvalue weighted by Gasteiger charge is 2.15. The third-order valence-corrected chi connectivity index (χ3v) is 3.87. The average Bonchev–Trinajstić information content (AvgIpc) is 3.04. The molecule has 0 bridgehead atoms. The lowest BCUT2D eigenvalue weighted by Gasteiger charge is -2.14. The number of halogens is 1. The van der Waals surface area contributed by atoms with Crippen LogP contribution in [0.1, 0.15) is 10.4 Å². The average molecular weight is 342 g/mol. The zero-order valence-corrected chi connectivity index (χ0v) is 14.0. The molecule has 0 aliphatic carbocycles. The molecular formula is C17H16ClN5O. The van der Waals surface area contributed by atoms with E-state index in [1.54, 1.807) is 44.7 Å². The molecule has 0 atom stereocenters. The van der Waals surface area contributed by atoms with Crippen LogP contribution in [0.5, 0.6) is 0 Å². The molecule has 24 heavy (non-hydrogen) atoms. The minimum Gasteiger partial charge on any atom is -0.384 e. The molecule has 1 amide bonds. The zero-order chi connectivity index (χ0) is 17.3. The van der Waals surface area contributed by atoms with Gasteiger partial charge in [0, 0.05) is 43.9 Å². The summed E-state index contributed by atoms with van der Waals surface area (Å²) in [5.74, 6) is 0.966. The molecule has 7 heteroatoms. The molecule has 2 N–H and O–H groups in total. The largest absolute Gasteiger partial charge is 0.384 e. The number of anilines is 1. The third kappa shape index (κ3) is 2.96. The highest BCUT2D eigenvalue weighted by molar-refractivity contribution is 6.33. The minimum atomic E-state index is -0.156. The van der Waals surface area contributed by atoms with E-state index in [4.69, 9.17) is 17.3 Å². The first-order valence-electron chi connectivity index (χ1n) is 7.24. The van der Waals surface area contributed by atoms with Gasteiger partial charge in [0.05, 0.1) is 10.6 Å². The Morgan fingerprint density at radius 2 is 1.96 bits per heavy atom. The van der Waals surface area contributed by atoms with Crippen LogP contribution in [-0.4, -0.2) is 39.4 Å². The normalized spacial score (nSPS) is 10.6. The van der Waals surface area contributed by atoms with E-state index < -0.39 is 0 Å². The number of nitrogens with zero attached hydrogens (tertiary/aromatic N) is 4. The van der Waals surface area contributed by atoms with Gasteiger partial charge in [0.1, 0.15) is 11.6 Å². The van der Waals surface area contributed by atoms with E-state index in [1.807, 2.05) is 22.9 Å². The van der Waals surface area contributed by atoms with E-state index in [9.17, 15) is 4.79 Å². The van der Waals surface area contributed by atoms with Gasteiger partial charge >= 0.3 is 0 Å². The monoisotopic (exact) mass is 341 g/mol. The number of hydrogen-bond acceptors (Lipinski definition) is 4. The Hall–Kier alpha value is -2.86. The van der Waals surface area contributed by atoms with Crippen molar-refractivity contribution >= 4 is 23.3 Å². The number of aromatic nitrogens is 3. The van der Waals surface area contributed by atoms with E-state index in [0.717, 1.165) is 11.3 Å². The summed E-state index contributed by atoms with van der Waals surface area (Å²) in [6, 6.07) is 8.88. The van der Waals surface area contributed by atoms with Crippen molar-refractivity contribution in [3.63, 3.8) is 0 Å². The first-order valence-corrected chi connectivity index (χ1v) is 7.62. The summed E-state index contributed by atoms with van der Waals surface area (Å²) >= 11 is 6.18. The van der Waals surface area contributed by atoms with Gasteiger partial charge in [-0.1, -0.05) is 11.6 Å². The molecule has 3 rings (SSSR count). The zero-order valence-electron chi connectivity index (χ0n) is 13.3. The van der Waals surface area contributed by atoms with E-state index in [1.165, 1.54) is 4.90 Å². The predicted octanol–water partition coefficient (Wildman–Crippen LogP) is 2.87. The lowest BCUT2D eigenvalue weighted by molar-refractivity contribution is 0.0827. The van der Waals surface area contributed by atoms with E-state index in [-0.39, 0.29) is 5.91 Å². The molecule has 3 aromatic rings. The van der Waals surface area contributed by atoms with Crippen molar-refractivity contribution in [2.45, 2.75) is 0 Å². The Bertz CT molecular complexity index is 904. The fourth-order valence-corrected chi connectivity index (χ4v) is 2.58. The second-order valence-corrected chi connectivity index (χ2v) is 5.86. The maximum absolute atomic E-state index is 12.3. The Morgan fingerprint density at radius 1 is 1.17 bits per heavy atom. The van der Waals surface area contributed by atoms with Crippen molar-refractivity contribution in [2.75, 3.05) is 19.8 Å². The predicted molar refractivity (Wildman–Crippen MR) is 94.2 cm³/mol. The molecule has 6 nitrogen and oxygen atoms in total. The molecule has 0 aliphatic heterocycles. The standard InChI is InChI=1S/C17H16ClN5O/c1-22(2)17(24)13-10-12(3-4-14(13)18)23-8-7-21-16(23)11-5-6-20-15(19)9-11/h3-10H,1-2H3,(H2,19,20). The van der Waals surface area contributed by atoms with Crippen molar-refractivity contribution < 1.29 is 4.79 Å². The highest BCUT2D eigenvalue weighted by Crippen LogP contribution is 2.26. The summed E-state index contributed by atoms with van der Waals surface area (Å²) < 4.78 is 1.87. The van der Waals surface area contributed by atoms with Crippen LogP contribution in [0.2, 0.25) is 5.02 Å². The maximum atomic E-state index is 12.3. The molecule has 2 heterocycles. The molecule has 0 radical (unpaired) electrons. The molecule has 0 spiro atoms. The molecule has 0 aliphatic rings. The Kier molecular flexibility index (Phi) is 4.22. The van der Waals surface area contributed by atoms with Crippen molar-refractivity contribution in [1.82, 2.24) is 19.4 Å². The van der Waals surface area contributed by atoms with Crippen molar-refractivity contribution in [1.29, 1.82) is 0 Å². The SMILES string of the molecule is CN(C)C(=O)c1cc(-n2ccnc2-c2ccnc(N)c2)ccc1Cl. The number of hydrogen-bond donors (Lipinski definition) is 1. The van der Waals surface area contributed by atoms with Gasteiger partial charge in [0.25, 0.3) is 5.91 Å². The fourth-order valence-electron chi connectivity index (χ4n) is 2.38. The molecule has 0 fully saturated rings. The summed E-state index contributed by atoms with van der Waals surface area (Å²) in [6.45, 7) is 0. The van der Waals surface area contributed by atoms with Crippen LogP contribution in [0.15, 0.2) is 48.9 Å². The van der Waals surface area contributed by atoms with Gasteiger partial charge in [-0.05, 0) is 30.3 Å². The summed E-state index contributed by atoms with van der Waals surface area (Å²) in [4.78, 5) is 22.1. The van der Waals surface area contributed by atoms with E-state index in [2.05, 4.69) is 9.97 Å². The van der Waals surface area contributed by atoms with Crippen LogP contribution < -0.4 is 5.73 Å². The number of amides is 1. The summed E-state index contributed by atoms with van der Waals surface area (Å²) in [5, 5.41) is 0.410. The molecule has 1 aromatic carbocycles. The third-order valence-electron chi connectivity index (χ3n) is 3.54. The first kappa shape index (κ1) is 16.0. The maximum Gasteiger partial charge on any atom is 0.254 e. The number of rotatable bonds is 3. The molecule has 0 saturated carbocycles. The van der Waals surface area contributed by atoms with E-state index >= 15 is 0 Å². The van der Waals surface area contributed by atoms with Gasteiger partial charge in [-0.25, -0.2) is 9.97 Å². The fraction of sp³-hybridized carbons (Fsp3) is 0.118. The Labute approximate surface area is 144 Å². The molecule has 0 saturated heterocycles. The lowest BCUT2D eigenvalue weighted by atomic mass is 10.1. The Morgan fingerprint density at radius 3 is 2.67 bits per heavy atom. The van der Waals surface area contributed by atoms with Crippen LogP contribution in [0.4, 0.5) is 5.82 Å². The smallest absolute Gasteiger partial charge is 0.254 e.